The van der Waals surface area contributed by atoms with Crippen molar-refractivity contribution in [1.82, 2.24) is 0 Å². The minimum Gasteiger partial charge on any atom is -0.481 e. The minimum atomic E-state index is -1.26. The molecule has 1 rings (SSSR count). The number of carboxylic acid groups (broad SMARTS) is 1. The van der Waals surface area contributed by atoms with Crippen molar-refractivity contribution in [3.63, 3.8) is 0 Å². The van der Waals surface area contributed by atoms with Gasteiger partial charge in [-0.25, -0.2) is 0 Å². The highest BCUT2D eigenvalue weighted by Crippen LogP contribution is 2.23. The molecule has 1 aromatic carbocycles. The Hall–Kier alpha value is -2.51. The van der Waals surface area contributed by atoms with Gasteiger partial charge in [0.2, 0.25) is 11.7 Å². The standard InChI is InChI=1S/C12H13FN2O5/c1-12(2,11(17)18)6-10(16)14-7-3-4-9(15(19)20)8(13)5-7/h3-5H,6H2,1-2H3,(H,14,16)(H,17,18). The lowest BCUT2D eigenvalue weighted by atomic mass is 9.89. The fraction of sp³-hybridized carbons (Fsp3) is 0.333. The molecule has 0 saturated heterocycles. The van der Waals surface area contributed by atoms with Crippen LogP contribution in [0.3, 0.4) is 0 Å². The molecule has 0 fully saturated rings. The third-order valence-corrected chi connectivity index (χ3v) is 2.61. The fourth-order valence-corrected chi connectivity index (χ4v) is 1.41. The van der Waals surface area contributed by atoms with Crippen LogP contribution in [0, 0.1) is 21.3 Å². The van der Waals surface area contributed by atoms with Gasteiger partial charge in [0.15, 0.2) is 0 Å². The number of amides is 1. The average Bonchev–Trinajstić information content (AvgIpc) is 2.26. The Morgan fingerprint density at radius 1 is 1.45 bits per heavy atom. The Morgan fingerprint density at radius 3 is 2.50 bits per heavy atom. The van der Waals surface area contributed by atoms with E-state index in [4.69, 9.17) is 5.11 Å². The number of halogens is 1. The molecule has 8 heteroatoms. The highest BCUT2D eigenvalue weighted by atomic mass is 19.1. The molecule has 0 bridgehead atoms. The predicted octanol–water partition coefficient (Wildman–Crippen LogP) is 2.17. The summed E-state index contributed by atoms with van der Waals surface area (Å²) < 4.78 is 13.3. The van der Waals surface area contributed by atoms with E-state index in [0.717, 1.165) is 12.1 Å². The quantitative estimate of drug-likeness (QED) is 0.636. The maximum atomic E-state index is 13.3. The third kappa shape index (κ3) is 3.74. The Labute approximate surface area is 113 Å². The molecule has 2 N–H and O–H groups in total. The van der Waals surface area contributed by atoms with Crippen molar-refractivity contribution in [2.24, 2.45) is 5.41 Å². The van der Waals surface area contributed by atoms with Crippen LogP contribution in [-0.2, 0) is 9.59 Å². The number of aliphatic carboxylic acids is 1. The summed E-state index contributed by atoms with van der Waals surface area (Å²) in [7, 11) is 0. The van der Waals surface area contributed by atoms with Crippen LogP contribution in [0.25, 0.3) is 0 Å². The number of anilines is 1. The molecule has 0 aliphatic carbocycles. The molecule has 0 saturated carbocycles. The number of nitrogens with zero attached hydrogens (tertiary/aromatic N) is 1. The van der Waals surface area contributed by atoms with Crippen molar-refractivity contribution in [3.8, 4) is 0 Å². The van der Waals surface area contributed by atoms with Crippen LogP contribution in [0.1, 0.15) is 20.3 Å². The maximum Gasteiger partial charge on any atom is 0.309 e. The molecule has 0 radical (unpaired) electrons. The molecule has 0 aliphatic heterocycles. The number of nitro groups is 1. The number of nitro benzene ring substituents is 1. The molecule has 0 heterocycles. The number of carboxylic acids is 1. The van der Waals surface area contributed by atoms with E-state index in [0.29, 0.717) is 0 Å². The number of hydrogen-bond acceptors (Lipinski definition) is 4. The van der Waals surface area contributed by atoms with Crippen molar-refractivity contribution < 1.29 is 24.0 Å². The normalized spacial score (nSPS) is 10.9. The van der Waals surface area contributed by atoms with Gasteiger partial charge in [-0.2, -0.15) is 4.39 Å². The zero-order chi connectivity index (χ0) is 15.5. The molecule has 0 aromatic heterocycles. The van der Waals surface area contributed by atoms with Crippen LogP contribution in [0.15, 0.2) is 18.2 Å². The molecule has 1 aromatic rings. The third-order valence-electron chi connectivity index (χ3n) is 2.61. The lowest BCUT2D eigenvalue weighted by molar-refractivity contribution is -0.387. The molecule has 0 aliphatic rings. The van der Waals surface area contributed by atoms with Gasteiger partial charge in [-0.05, 0) is 19.9 Å². The first-order chi connectivity index (χ1) is 9.13. The smallest absolute Gasteiger partial charge is 0.309 e. The second kappa shape index (κ2) is 5.64. The summed E-state index contributed by atoms with van der Waals surface area (Å²) in [5.41, 5.74) is -1.93. The van der Waals surface area contributed by atoms with Crippen LogP contribution in [0.2, 0.25) is 0 Å². The van der Waals surface area contributed by atoms with E-state index in [2.05, 4.69) is 5.32 Å². The summed E-state index contributed by atoms with van der Waals surface area (Å²) in [6.45, 7) is 2.76. The Balaban J connectivity index is 2.80. The molecule has 7 nitrogen and oxygen atoms in total. The second-order valence-electron chi connectivity index (χ2n) is 4.84. The van der Waals surface area contributed by atoms with Gasteiger partial charge >= 0.3 is 11.7 Å². The number of nitrogens with one attached hydrogen (secondary N) is 1. The first-order valence-electron chi connectivity index (χ1n) is 5.60. The summed E-state index contributed by atoms with van der Waals surface area (Å²) in [5.74, 6) is -2.83. The van der Waals surface area contributed by atoms with E-state index >= 15 is 0 Å². The van der Waals surface area contributed by atoms with Crippen LogP contribution in [-0.4, -0.2) is 21.9 Å². The van der Waals surface area contributed by atoms with Gasteiger partial charge in [-0.1, -0.05) is 0 Å². The zero-order valence-corrected chi connectivity index (χ0v) is 10.8. The summed E-state index contributed by atoms with van der Waals surface area (Å²) in [6, 6.07) is 2.91. The fourth-order valence-electron chi connectivity index (χ4n) is 1.41. The molecule has 20 heavy (non-hydrogen) atoms. The molecule has 0 atom stereocenters. The lowest BCUT2D eigenvalue weighted by Crippen LogP contribution is -2.29. The Kier molecular flexibility index (Phi) is 4.38. The van der Waals surface area contributed by atoms with E-state index in [1.165, 1.54) is 19.9 Å². The first kappa shape index (κ1) is 15.5. The highest BCUT2D eigenvalue weighted by molar-refractivity contribution is 5.94. The van der Waals surface area contributed by atoms with Crippen LogP contribution < -0.4 is 5.32 Å². The Bertz CT molecular complexity index is 571. The molecule has 0 unspecified atom stereocenters. The summed E-state index contributed by atoms with van der Waals surface area (Å²) in [5, 5.41) is 21.6. The van der Waals surface area contributed by atoms with Crippen molar-refractivity contribution in [3.05, 3.63) is 34.1 Å². The summed E-state index contributed by atoms with van der Waals surface area (Å²) in [6.07, 6.45) is -0.305. The number of rotatable bonds is 5. The monoisotopic (exact) mass is 284 g/mol. The van der Waals surface area contributed by atoms with E-state index in [-0.39, 0.29) is 12.1 Å². The van der Waals surface area contributed by atoms with Gasteiger partial charge in [0.25, 0.3) is 0 Å². The number of hydrogen-bond donors (Lipinski definition) is 2. The molecule has 1 amide bonds. The van der Waals surface area contributed by atoms with Gasteiger partial charge < -0.3 is 10.4 Å². The number of benzene rings is 1. The van der Waals surface area contributed by atoms with Crippen molar-refractivity contribution in [1.29, 1.82) is 0 Å². The zero-order valence-electron chi connectivity index (χ0n) is 10.8. The highest BCUT2D eigenvalue weighted by Gasteiger charge is 2.30. The minimum absolute atomic E-state index is 0.0271. The van der Waals surface area contributed by atoms with Gasteiger partial charge in [0, 0.05) is 24.2 Å². The van der Waals surface area contributed by atoms with E-state index in [9.17, 15) is 24.1 Å². The van der Waals surface area contributed by atoms with Gasteiger partial charge in [-0.15, -0.1) is 0 Å². The molecular formula is C12H13FN2O5. The van der Waals surface area contributed by atoms with Crippen LogP contribution >= 0.6 is 0 Å². The van der Waals surface area contributed by atoms with Crippen LogP contribution in [0.4, 0.5) is 15.8 Å². The van der Waals surface area contributed by atoms with Gasteiger partial charge in [-0.3, -0.25) is 19.7 Å². The molecule has 0 spiro atoms. The summed E-state index contributed by atoms with van der Waals surface area (Å²) >= 11 is 0. The topological polar surface area (TPSA) is 110 Å². The predicted molar refractivity (Wildman–Crippen MR) is 67.7 cm³/mol. The SMILES string of the molecule is CC(C)(CC(=O)Nc1ccc([N+](=O)[O-])c(F)c1)C(=O)O. The Morgan fingerprint density at radius 2 is 2.05 bits per heavy atom. The van der Waals surface area contributed by atoms with Crippen molar-refractivity contribution >= 4 is 23.3 Å². The number of carbonyl (C=O) groups is 2. The van der Waals surface area contributed by atoms with Crippen LogP contribution in [0.5, 0.6) is 0 Å². The van der Waals surface area contributed by atoms with E-state index in [1.54, 1.807) is 0 Å². The first-order valence-corrected chi connectivity index (χ1v) is 5.60. The van der Waals surface area contributed by atoms with Crippen molar-refractivity contribution in [2.45, 2.75) is 20.3 Å². The van der Waals surface area contributed by atoms with Gasteiger partial charge in [0.05, 0.1) is 10.3 Å². The lowest BCUT2D eigenvalue weighted by Gasteiger charge is -2.18. The van der Waals surface area contributed by atoms with E-state index in [1.807, 2.05) is 0 Å². The van der Waals surface area contributed by atoms with Gasteiger partial charge in [0.1, 0.15) is 0 Å². The number of carbonyl (C=O) groups excluding carboxylic acids is 1. The second-order valence-corrected chi connectivity index (χ2v) is 4.84. The average molecular weight is 284 g/mol. The maximum absolute atomic E-state index is 13.3. The summed E-state index contributed by atoms with van der Waals surface area (Å²) in [4.78, 5) is 32.0. The van der Waals surface area contributed by atoms with Crippen molar-refractivity contribution in [2.75, 3.05) is 5.32 Å². The molecule has 108 valence electrons. The largest absolute Gasteiger partial charge is 0.481 e. The van der Waals surface area contributed by atoms with E-state index < -0.39 is 33.7 Å². The molecular weight excluding hydrogens is 271 g/mol.